The van der Waals surface area contributed by atoms with Crippen molar-refractivity contribution in [3.8, 4) is 5.75 Å². The first-order chi connectivity index (χ1) is 5.36. The summed E-state index contributed by atoms with van der Waals surface area (Å²) in [6.07, 6.45) is 0. The maximum atomic E-state index is 8.11. The summed E-state index contributed by atoms with van der Waals surface area (Å²) in [4.78, 5) is 0.798. The molecule has 0 amide bonds. The van der Waals surface area contributed by atoms with E-state index in [1.165, 1.54) is 0 Å². The zero-order chi connectivity index (χ0) is 8.10. The highest BCUT2D eigenvalue weighted by atomic mass is 32.2. The van der Waals surface area contributed by atoms with Crippen molar-refractivity contribution < 1.29 is 14.3 Å². The Kier molecular flexibility index (Phi) is 3.22. The Hall–Kier alpha value is -0.710. The normalized spacial score (nSPS) is 9.64. The van der Waals surface area contributed by atoms with Crippen LogP contribution in [0.1, 0.15) is 0 Å². The smallest absolute Gasteiger partial charge is 0.120 e. The van der Waals surface area contributed by atoms with Crippen LogP contribution in [0, 0.1) is 0 Å². The van der Waals surface area contributed by atoms with Crippen molar-refractivity contribution in [1.82, 2.24) is 0 Å². The van der Waals surface area contributed by atoms with Crippen LogP contribution in [0.2, 0.25) is 0 Å². The first-order valence-electron chi connectivity index (χ1n) is 2.99. The minimum absolute atomic E-state index is 0.743. The lowest BCUT2D eigenvalue weighted by molar-refractivity contribution is -0.116. The highest BCUT2D eigenvalue weighted by molar-refractivity contribution is 7.94. The van der Waals surface area contributed by atoms with Crippen molar-refractivity contribution in [1.29, 1.82) is 0 Å². The molecule has 60 valence electrons. The molecule has 1 N–H and O–H groups in total. The quantitative estimate of drug-likeness (QED) is 0.431. The Labute approximate surface area is 69.1 Å². The largest absolute Gasteiger partial charge is 0.497 e. The van der Waals surface area contributed by atoms with Gasteiger partial charge in [0.2, 0.25) is 0 Å². The molecule has 11 heavy (non-hydrogen) atoms. The van der Waals surface area contributed by atoms with E-state index in [1.807, 2.05) is 18.2 Å². The SMILES string of the molecule is COc1cccc(SOO)c1. The molecule has 3 nitrogen and oxygen atoms in total. The molecule has 0 radical (unpaired) electrons. The van der Waals surface area contributed by atoms with E-state index in [0.717, 1.165) is 22.7 Å². The molecule has 0 aliphatic rings. The Bertz CT molecular complexity index is 227. The number of hydrogen-bond donors (Lipinski definition) is 1. The zero-order valence-electron chi connectivity index (χ0n) is 5.98. The van der Waals surface area contributed by atoms with Crippen LogP contribution in [0.3, 0.4) is 0 Å². The summed E-state index contributed by atoms with van der Waals surface area (Å²) in [7, 11) is 1.59. The van der Waals surface area contributed by atoms with Gasteiger partial charge in [-0.1, -0.05) is 6.07 Å². The average molecular weight is 172 g/mol. The van der Waals surface area contributed by atoms with Crippen molar-refractivity contribution in [2.45, 2.75) is 4.90 Å². The van der Waals surface area contributed by atoms with Crippen molar-refractivity contribution in [2.24, 2.45) is 0 Å². The van der Waals surface area contributed by atoms with Crippen molar-refractivity contribution in [3.63, 3.8) is 0 Å². The molecule has 0 saturated heterocycles. The molecule has 4 heteroatoms. The van der Waals surface area contributed by atoms with Gasteiger partial charge in [0.1, 0.15) is 5.75 Å². The molecular weight excluding hydrogens is 164 g/mol. The van der Waals surface area contributed by atoms with Gasteiger partial charge in [-0.15, -0.1) is 0 Å². The van der Waals surface area contributed by atoms with Crippen LogP contribution < -0.4 is 4.74 Å². The highest BCUT2D eigenvalue weighted by Gasteiger charge is 1.95. The molecule has 0 bridgehead atoms. The molecule has 0 saturated carbocycles. The number of rotatable bonds is 3. The van der Waals surface area contributed by atoms with Gasteiger partial charge in [0.05, 0.1) is 19.2 Å². The summed E-state index contributed by atoms with van der Waals surface area (Å²) in [5, 5.41) is 8.11. The first-order valence-corrected chi connectivity index (χ1v) is 3.73. The van der Waals surface area contributed by atoms with Crippen LogP contribution in [-0.2, 0) is 4.33 Å². The van der Waals surface area contributed by atoms with E-state index < -0.39 is 0 Å². The molecule has 0 fully saturated rings. The second-order valence-corrected chi connectivity index (χ2v) is 2.62. The van der Waals surface area contributed by atoms with Gasteiger partial charge in [-0.2, -0.15) is 4.33 Å². The van der Waals surface area contributed by atoms with Gasteiger partial charge < -0.3 is 4.74 Å². The first kappa shape index (κ1) is 8.39. The molecule has 0 spiro atoms. The molecule has 1 rings (SSSR count). The number of benzene rings is 1. The third kappa shape index (κ3) is 2.42. The molecule has 0 aliphatic carbocycles. The molecule has 0 unspecified atom stereocenters. The van der Waals surface area contributed by atoms with Gasteiger partial charge in [-0.3, -0.25) is 0 Å². The third-order valence-corrected chi connectivity index (χ3v) is 1.70. The predicted octanol–water partition coefficient (Wildman–Crippen LogP) is 2.19. The minimum atomic E-state index is 0.743. The Balaban J connectivity index is 2.74. The fraction of sp³-hybridized carbons (Fsp3) is 0.143. The topological polar surface area (TPSA) is 38.7 Å². The van der Waals surface area contributed by atoms with Crippen molar-refractivity contribution in [2.75, 3.05) is 7.11 Å². The van der Waals surface area contributed by atoms with Gasteiger partial charge in [0.25, 0.3) is 0 Å². The molecule has 0 heterocycles. The fourth-order valence-corrected chi connectivity index (χ4v) is 1.08. The molecule has 0 atom stereocenters. The highest BCUT2D eigenvalue weighted by Crippen LogP contribution is 2.22. The summed E-state index contributed by atoms with van der Waals surface area (Å²) < 4.78 is 8.84. The van der Waals surface area contributed by atoms with Crippen LogP contribution in [0.15, 0.2) is 29.2 Å². The molecule has 1 aromatic carbocycles. The summed E-state index contributed by atoms with van der Waals surface area (Å²) >= 11 is 0.880. The maximum absolute atomic E-state index is 8.11. The standard InChI is InChI=1S/C7H8O3S/c1-9-6-3-2-4-7(5-6)11-10-8/h2-5,8H,1H3. The van der Waals surface area contributed by atoms with E-state index in [9.17, 15) is 0 Å². The van der Waals surface area contributed by atoms with Crippen LogP contribution in [0.25, 0.3) is 0 Å². The summed E-state index contributed by atoms with van der Waals surface area (Å²) in [5.74, 6) is 0.743. The lowest BCUT2D eigenvalue weighted by Gasteiger charge is -2.00. The van der Waals surface area contributed by atoms with Gasteiger partial charge in [-0.05, 0) is 18.2 Å². The van der Waals surface area contributed by atoms with E-state index in [-0.39, 0.29) is 0 Å². The van der Waals surface area contributed by atoms with Crippen molar-refractivity contribution in [3.05, 3.63) is 24.3 Å². The Morgan fingerprint density at radius 3 is 2.91 bits per heavy atom. The summed E-state index contributed by atoms with van der Waals surface area (Å²) in [6, 6.07) is 7.21. The number of methoxy groups -OCH3 is 1. The van der Waals surface area contributed by atoms with Gasteiger partial charge >= 0.3 is 0 Å². The van der Waals surface area contributed by atoms with E-state index in [0.29, 0.717) is 0 Å². The summed E-state index contributed by atoms with van der Waals surface area (Å²) in [5.41, 5.74) is 0. The van der Waals surface area contributed by atoms with Crippen LogP contribution in [0.5, 0.6) is 5.75 Å². The van der Waals surface area contributed by atoms with Crippen LogP contribution >= 0.6 is 12.0 Å². The van der Waals surface area contributed by atoms with E-state index in [1.54, 1.807) is 13.2 Å². The Morgan fingerprint density at radius 2 is 2.27 bits per heavy atom. The zero-order valence-corrected chi connectivity index (χ0v) is 6.80. The predicted molar refractivity (Wildman–Crippen MR) is 42.6 cm³/mol. The number of hydrogen-bond acceptors (Lipinski definition) is 4. The lowest BCUT2D eigenvalue weighted by Crippen LogP contribution is -1.81. The lowest BCUT2D eigenvalue weighted by atomic mass is 10.3. The second-order valence-electron chi connectivity index (χ2n) is 1.84. The fourth-order valence-electron chi connectivity index (χ4n) is 0.696. The van der Waals surface area contributed by atoms with Crippen molar-refractivity contribution >= 4 is 12.0 Å². The maximum Gasteiger partial charge on any atom is 0.120 e. The third-order valence-electron chi connectivity index (χ3n) is 1.17. The Morgan fingerprint density at radius 1 is 1.45 bits per heavy atom. The van der Waals surface area contributed by atoms with E-state index in [2.05, 4.69) is 4.33 Å². The molecule has 0 aliphatic heterocycles. The number of ether oxygens (including phenoxy) is 1. The van der Waals surface area contributed by atoms with Gasteiger partial charge in [0.15, 0.2) is 0 Å². The van der Waals surface area contributed by atoms with Crippen LogP contribution in [-0.4, -0.2) is 12.4 Å². The molecule has 0 aromatic heterocycles. The van der Waals surface area contributed by atoms with Crippen LogP contribution in [0.4, 0.5) is 0 Å². The van der Waals surface area contributed by atoms with E-state index in [4.69, 9.17) is 9.99 Å². The molecular formula is C7H8O3S. The van der Waals surface area contributed by atoms with E-state index >= 15 is 0 Å². The average Bonchev–Trinajstić information content (AvgIpc) is 2.06. The van der Waals surface area contributed by atoms with Gasteiger partial charge in [-0.25, -0.2) is 5.26 Å². The molecule has 1 aromatic rings. The second kappa shape index (κ2) is 4.23. The monoisotopic (exact) mass is 172 g/mol. The van der Waals surface area contributed by atoms with Gasteiger partial charge in [0, 0.05) is 4.90 Å². The summed E-state index contributed by atoms with van der Waals surface area (Å²) in [6.45, 7) is 0. The minimum Gasteiger partial charge on any atom is -0.497 e.